The molecule has 4 N–H and O–H groups in total. The van der Waals surface area contributed by atoms with Crippen LogP contribution in [0, 0.1) is 0 Å². The van der Waals surface area contributed by atoms with E-state index in [1.54, 1.807) is 6.07 Å². The fourth-order valence-corrected chi connectivity index (χ4v) is 0.743. The lowest BCUT2D eigenvalue weighted by molar-refractivity contribution is 0.609. The Labute approximate surface area is 60.2 Å². The Balaban J connectivity index is 2.81. The Bertz CT molecular complexity index is 217. The van der Waals surface area contributed by atoms with Crippen molar-refractivity contribution in [3.05, 3.63) is 24.3 Å². The van der Waals surface area contributed by atoms with E-state index in [0.717, 1.165) is 5.69 Å². The summed E-state index contributed by atoms with van der Waals surface area (Å²) in [5.41, 5.74) is 6.95. The van der Waals surface area contributed by atoms with Gasteiger partial charge in [0, 0.05) is 5.69 Å². The maximum atomic E-state index is 8.48. The molecule has 1 aromatic carbocycles. The van der Waals surface area contributed by atoms with Gasteiger partial charge in [0.25, 0.3) is 0 Å². The molecule has 0 heterocycles. The predicted molar refractivity (Wildman–Crippen MR) is 43.8 cm³/mol. The largest absolute Gasteiger partial charge is 0.435 e. The molecular weight excluding hydrogens is 127 g/mol. The normalized spacial score (nSPS) is 8.90. The van der Waals surface area contributed by atoms with Crippen molar-refractivity contribution in [3.8, 4) is 0 Å². The Morgan fingerprint density at radius 1 is 1.40 bits per heavy atom. The van der Waals surface area contributed by atoms with E-state index in [2.05, 4.69) is 5.23 Å². The first-order valence-corrected chi connectivity index (χ1v) is 3.04. The number of nitrogens with one attached hydrogen (secondary N) is 1. The minimum absolute atomic E-state index is 0.0891. The number of anilines is 2. The van der Waals surface area contributed by atoms with Gasteiger partial charge in [0.15, 0.2) is 0 Å². The zero-order valence-electron chi connectivity index (χ0n) is 5.54. The summed E-state index contributed by atoms with van der Waals surface area (Å²) in [4.78, 5) is 0. The van der Waals surface area contributed by atoms with Gasteiger partial charge in [-0.15, -0.1) is 0 Å². The molecule has 4 heteroatoms. The molecule has 1 rings (SSSR count). The van der Waals surface area contributed by atoms with Crippen LogP contribution >= 0.6 is 0 Å². The van der Waals surface area contributed by atoms with Crippen molar-refractivity contribution >= 4 is 19.0 Å². The van der Waals surface area contributed by atoms with E-state index in [4.69, 9.17) is 10.8 Å². The van der Waals surface area contributed by atoms with Crippen molar-refractivity contribution in [3.63, 3.8) is 0 Å². The summed E-state index contributed by atoms with van der Waals surface area (Å²) in [6, 6.07) is 7.29. The molecule has 0 radical (unpaired) electrons. The number of para-hydroxylation sites is 2. The molecule has 0 saturated carbocycles. The number of benzene rings is 1. The summed E-state index contributed by atoms with van der Waals surface area (Å²) in [7, 11) is -0.0891. The van der Waals surface area contributed by atoms with Crippen molar-refractivity contribution in [2.24, 2.45) is 0 Å². The molecule has 0 aromatic heterocycles. The van der Waals surface area contributed by atoms with Crippen molar-refractivity contribution in [2.75, 3.05) is 11.0 Å². The van der Waals surface area contributed by atoms with Crippen LogP contribution in [0.5, 0.6) is 0 Å². The third-order valence-electron chi connectivity index (χ3n) is 1.23. The molecule has 0 aliphatic rings. The highest BCUT2D eigenvalue weighted by Crippen LogP contribution is 2.14. The first-order chi connectivity index (χ1) is 4.84. The predicted octanol–water partition coefficient (Wildman–Crippen LogP) is -0.0605. The number of nitrogen functional groups attached to an aromatic ring is 1. The van der Waals surface area contributed by atoms with Gasteiger partial charge in [0.1, 0.15) is 0 Å². The summed E-state index contributed by atoms with van der Waals surface area (Å²) in [5, 5.41) is 11.2. The Morgan fingerprint density at radius 3 is 2.70 bits per heavy atom. The average molecular weight is 136 g/mol. The van der Waals surface area contributed by atoms with Gasteiger partial charge in [-0.25, -0.2) is 0 Å². The highest BCUT2D eigenvalue weighted by atomic mass is 16.2. The fourth-order valence-electron chi connectivity index (χ4n) is 0.743. The third kappa shape index (κ3) is 1.42. The van der Waals surface area contributed by atoms with Crippen LogP contribution in [0.3, 0.4) is 0 Å². The molecule has 0 aliphatic carbocycles. The SMILES string of the molecule is Nc1ccccc1NBO. The molecule has 52 valence electrons. The molecule has 0 fully saturated rings. The molecule has 0 unspecified atom stereocenters. The topological polar surface area (TPSA) is 58.3 Å². The number of hydrogen-bond acceptors (Lipinski definition) is 3. The van der Waals surface area contributed by atoms with E-state index in [-0.39, 0.29) is 7.62 Å². The lowest BCUT2D eigenvalue weighted by Gasteiger charge is -2.03. The monoisotopic (exact) mass is 136 g/mol. The van der Waals surface area contributed by atoms with Crippen LogP contribution in [-0.4, -0.2) is 12.6 Å². The number of nitrogens with two attached hydrogens (primary N) is 1. The fraction of sp³-hybridized carbons (Fsp3) is 0. The smallest absolute Gasteiger partial charge is 0.391 e. The highest BCUT2D eigenvalue weighted by Gasteiger charge is 1.93. The third-order valence-corrected chi connectivity index (χ3v) is 1.23. The van der Waals surface area contributed by atoms with Gasteiger partial charge in [0.05, 0.1) is 5.69 Å². The van der Waals surface area contributed by atoms with Crippen molar-refractivity contribution < 1.29 is 5.02 Å². The Morgan fingerprint density at radius 2 is 2.10 bits per heavy atom. The van der Waals surface area contributed by atoms with Gasteiger partial charge in [-0.1, -0.05) is 12.1 Å². The van der Waals surface area contributed by atoms with Crippen molar-refractivity contribution in [2.45, 2.75) is 0 Å². The van der Waals surface area contributed by atoms with E-state index in [0.29, 0.717) is 5.69 Å². The van der Waals surface area contributed by atoms with Crippen molar-refractivity contribution in [1.29, 1.82) is 0 Å². The van der Waals surface area contributed by atoms with Gasteiger partial charge in [-0.2, -0.15) is 0 Å². The van der Waals surface area contributed by atoms with E-state index >= 15 is 0 Å². The number of hydrogen-bond donors (Lipinski definition) is 3. The van der Waals surface area contributed by atoms with Crippen LogP contribution in [0.15, 0.2) is 24.3 Å². The van der Waals surface area contributed by atoms with Crippen LogP contribution in [0.4, 0.5) is 11.4 Å². The molecular formula is C6H9BN2O. The molecule has 0 amide bonds. The second-order valence-corrected chi connectivity index (χ2v) is 1.92. The molecule has 0 saturated heterocycles. The molecule has 10 heavy (non-hydrogen) atoms. The van der Waals surface area contributed by atoms with Gasteiger partial charge in [-0.3, -0.25) is 0 Å². The lowest BCUT2D eigenvalue weighted by atomic mass is 10.2. The molecule has 1 aromatic rings. The summed E-state index contributed by atoms with van der Waals surface area (Å²) in [5.74, 6) is 0. The standard InChI is InChI=1S/C6H9BN2O/c8-5-3-1-2-4-6(5)9-7-10/h1-4,7,9-10H,8H2. The van der Waals surface area contributed by atoms with Crippen LogP contribution < -0.4 is 11.0 Å². The second-order valence-electron chi connectivity index (χ2n) is 1.92. The van der Waals surface area contributed by atoms with Crippen LogP contribution in [0.1, 0.15) is 0 Å². The van der Waals surface area contributed by atoms with Crippen LogP contribution in [0.2, 0.25) is 0 Å². The summed E-state index contributed by atoms with van der Waals surface area (Å²) < 4.78 is 0. The quantitative estimate of drug-likeness (QED) is 0.394. The van der Waals surface area contributed by atoms with Crippen molar-refractivity contribution in [1.82, 2.24) is 0 Å². The van der Waals surface area contributed by atoms with E-state index in [9.17, 15) is 0 Å². The molecule has 3 nitrogen and oxygen atoms in total. The van der Waals surface area contributed by atoms with E-state index in [1.165, 1.54) is 0 Å². The maximum absolute atomic E-state index is 8.48. The Kier molecular flexibility index (Phi) is 2.17. The minimum Gasteiger partial charge on any atom is -0.435 e. The molecule has 0 atom stereocenters. The van der Waals surface area contributed by atoms with E-state index in [1.807, 2.05) is 18.2 Å². The minimum atomic E-state index is -0.0891. The summed E-state index contributed by atoms with van der Waals surface area (Å²) in [6.45, 7) is 0. The van der Waals surface area contributed by atoms with Gasteiger partial charge in [0.2, 0.25) is 0 Å². The zero-order chi connectivity index (χ0) is 7.40. The molecule has 0 bridgehead atoms. The first-order valence-electron chi connectivity index (χ1n) is 3.04. The Hall–Kier alpha value is -1.16. The highest BCUT2D eigenvalue weighted by molar-refractivity contribution is 6.31. The summed E-state index contributed by atoms with van der Waals surface area (Å²) >= 11 is 0. The van der Waals surface area contributed by atoms with Crippen LogP contribution in [0.25, 0.3) is 0 Å². The van der Waals surface area contributed by atoms with Crippen LogP contribution in [-0.2, 0) is 0 Å². The second kappa shape index (κ2) is 3.13. The summed E-state index contributed by atoms with van der Waals surface area (Å²) in [6.07, 6.45) is 0. The molecule has 0 aliphatic heterocycles. The first kappa shape index (κ1) is 6.96. The van der Waals surface area contributed by atoms with Gasteiger partial charge < -0.3 is 16.0 Å². The molecule has 0 spiro atoms. The number of rotatable bonds is 2. The van der Waals surface area contributed by atoms with Gasteiger partial charge >= 0.3 is 7.62 Å². The van der Waals surface area contributed by atoms with Gasteiger partial charge in [-0.05, 0) is 12.1 Å². The maximum Gasteiger partial charge on any atom is 0.391 e. The average Bonchev–Trinajstić information content (AvgIpc) is 1.94. The zero-order valence-corrected chi connectivity index (χ0v) is 5.54. The lowest BCUT2D eigenvalue weighted by Crippen LogP contribution is -2.06. The van der Waals surface area contributed by atoms with E-state index < -0.39 is 0 Å².